The second kappa shape index (κ2) is 6.69. The van der Waals surface area contributed by atoms with Gasteiger partial charge in [0.15, 0.2) is 0 Å². The molecule has 0 aromatic carbocycles. The molecule has 0 saturated heterocycles. The smallest absolute Gasteiger partial charge is 0.330 e. The van der Waals surface area contributed by atoms with Gasteiger partial charge in [0, 0.05) is 18.2 Å². The van der Waals surface area contributed by atoms with E-state index in [1.165, 1.54) is 32.1 Å². The molecule has 1 aliphatic carbocycles. The van der Waals surface area contributed by atoms with Crippen molar-refractivity contribution in [2.45, 2.75) is 52.0 Å². The van der Waals surface area contributed by atoms with Gasteiger partial charge in [-0.1, -0.05) is 32.3 Å². The minimum atomic E-state index is -0.806. The first-order valence-electron chi connectivity index (χ1n) is 6.29. The van der Waals surface area contributed by atoms with Crippen LogP contribution in [0.1, 0.15) is 46.0 Å². The van der Waals surface area contributed by atoms with Crippen LogP contribution in [0.25, 0.3) is 0 Å². The summed E-state index contributed by atoms with van der Waals surface area (Å²) in [6, 6.07) is 0.664. The Morgan fingerprint density at radius 1 is 1.38 bits per heavy atom. The molecule has 3 heteroatoms. The highest BCUT2D eigenvalue weighted by molar-refractivity contribution is 5.85. The van der Waals surface area contributed by atoms with Crippen LogP contribution in [0.2, 0.25) is 0 Å². The van der Waals surface area contributed by atoms with Gasteiger partial charge in [0.2, 0.25) is 0 Å². The Balaban J connectivity index is 2.47. The zero-order chi connectivity index (χ0) is 12.0. The standard InChI is InChI=1S/C13H23NO2/c1-3-14(10-9-11(2)13(15)16)12-7-5-4-6-8-12/h9,12H,3-8,10H2,1-2H3,(H,15,16). The number of likely N-dealkylation sites (N-methyl/N-ethyl adjacent to an activating group) is 1. The van der Waals surface area contributed by atoms with Gasteiger partial charge in [0.1, 0.15) is 0 Å². The number of hydrogen-bond donors (Lipinski definition) is 1. The monoisotopic (exact) mass is 225 g/mol. The Morgan fingerprint density at radius 3 is 2.50 bits per heavy atom. The highest BCUT2D eigenvalue weighted by Gasteiger charge is 2.18. The number of aliphatic carboxylic acids is 1. The zero-order valence-corrected chi connectivity index (χ0v) is 10.4. The average Bonchev–Trinajstić information content (AvgIpc) is 2.30. The number of carbonyl (C=O) groups is 1. The third kappa shape index (κ3) is 3.97. The van der Waals surface area contributed by atoms with Gasteiger partial charge in [-0.2, -0.15) is 0 Å². The third-order valence-corrected chi connectivity index (χ3v) is 3.47. The second-order valence-electron chi connectivity index (χ2n) is 4.57. The topological polar surface area (TPSA) is 40.5 Å². The fraction of sp³-hybridized carbons (Fsp3) is 0.769. The van der Waals surface area contributed by atoms with E-state index in [9.17, 15) is 4.79 Å². The van der Waals surface area contributed by atoms with Crippen molar-refractivity contribution in [2.24, 2.45) is 0 Å². The van der Waals surface area contributed by atoms with E-state index in [4.69, 9.17) is 5.11 Å². The van der Waals surface area contributed by atoms with Crippen LogP contribution in [0.15, 0.2) is 11.6 Å². The maximum absolute atomic E-state index is 10.7. The number of carboxylic acids is 1. The lowest BCUT2D eigenvalue weighted by Crippen LogP contribution is -2.36. The van der Waals surface area contributed by atoms with Crippen LogP contribution in [0, 0.1) is 0 Å². The molecule has 1 N–H and O–H groups in total. The predicted octanol–water partition coefficient (Wildman–Crippen LogP) is 2.67. The summed E-state index contributed by atoms with van der Waals surface area (Å²) >= 11 is 0. The summed E-state index contributed by atoms with van der Waals surface area (Å²) in [4.78, 5) is 13.1. The zero-order valence-electron chi connectivity index (χ0n) is 10.4. The Labute approximate surface area is 98.1 Å². The van der Waals surface area contributed by atoms with E-state index in [0.29, 0.717) is 11.6 Å². The minimum Gasteiger partial charge on any atom is -0.478 e. The van der Waals surface area contributed by atoms with Gasteiger partial charge in [0.25, 0.3) is 0 Å². The molecule has 0 aliphatic heterocycles. The number of rotatable bonds is 5. The molecule has 3 nitrogen and oxygen atoms in total. The van der Waals surface area contributed by atoms with Crippen LogP contribution in [0.4, 0.5) is 0 Å². The summed E-state index contributed by atoms with van der Waals surface area (Å²) in [5.74, 6) is -0.806. The van der Waals surface area contributed by atoms with Gasteiger partial charge < -0.3 is 5.11 Å². The summed E-state index contributed by atoms with van der Waals surface area (Å²) in [6.45, 7) is 5.60. The van der Waals surface area contributed by atoms with Crippen molar-refractivity contribution >= 4 is 5.97 Å². The molecule has 16 heavy (non-hydrogen) atoms. The van der Waals surface area contributed by atoms with Crippen molar-refractivity contribution in [1.29, 1.82) is 0 Å². The van der Waals surface area contributed by atoms with Gasteiger partial charge >= 0.3 is 5.97 Å². The molecule has 92 valence electrons. The lowest BCUT2D eigenvalue weighted by atomic mass is 9.94. The summed E-state index contributed by atoms with van der Waals surface area (Å²) in [7, 11) is 0. The second-order valence-corrected chi connectivity index (χ2v) is 4.57. The molecule has 0 heterocycles. The van der Waals surface area contributed by atoms with Crippen LogP contribution in [-0.2, 0) is 4.79 Å². The fourth-order valence-electron chi connectivity index (χ4n) is 2.32. The molecule has 0 spiro atoms. The predicted molar refractivity (Wildman–Crippen MR) is 65.5 cm³/mol. The first-order chi connectivity index (χ1) is 7.65. The van der Waals surface area contributed by atoms with Crippen molar-refractivity contribution < 1.29 is 9.90 Å². The SMILES string of the molecule is CCN(CC=C(C)C(=O)O)C1CCCCC1. The fourth-order valence-corrected chi connectivity index (χ4v) is 2.32. The van der Waals surface area contributed by atoms with E-state index in [1.54, 1.807) is 6.92 Å². The highest BCUT2D eigenvalue weighted by Crippen LogP contribution is 2.22. The van der Waals surface area contributed by atoms with Gasteiger partial charge in [0.05, 0.1) is 0 Å². The Morgan fingerprint density at radius 2 is 2.00 bits per heavy atom. The largest absolute Gasteiger partial charge is 0.478 e. The summed E-state index contributed by atoms with van der Waals surface area (Å²) < 4.78 is 0. The number of carboxylic acid groups (broad SMARTS) is 1. The lowest BCUT2D eigenvalue weighted by molar-refractivity contribution is -0.132. The van der Waals surface area contributed by atoms with E-state index in [1.807, 2.05) is 6.08 Å². The molecule has 0 unspecified atom stereocenters. The maximum atomic E-state index is 10.7. The van der Waals surface area contributed by atoms with Crippen LogP contribution in [-0.4, -0.2) is 35.1 Å². The molecule has 1 fully saturated rings. The van der Waals surface area contributed by atoms with Crippen molar-refractivity contribution in [3.8, 4) is 0 Å². The van der Waals surface area contributed by atoms with Gasteiger partial charge in [-0.25, -0.2) is 4.79 Å². The van der Waals surface area contributed by atoms with Gasteiger partial charge in [-0.05, 0) is 26.3 Å². The van der Waals surface area contributed by atoms with Crippen molar-refractivity contribution in [3.05, 3.63) is 11.6 Å². The Bertz CT molecular complexity index is 255. The summed E-state index contributed by atoms with van der Waals surface area (Å²) in [5, 5.41) is 8.79. The maximum Gasteiger partial charge on any atom is 0.330 e. The quantitative estimate of drug-likeness (QED) is 0.731. The third-order valence-electron chi connectivity index (χ3n) is 3.47. The van der Waals surface area contributed by atoms with Gasteiger partial charge in [-0.15, -0.1) is 0 Å². The van der Waals surface area contributed by atoms with Gasteiger partial charge in [-0.3, -0.25) is 4.90 Å². The number of hydrogen-bond acceptors (Lipinski definition) is 2. The van der Waals surface area contributed by atoms with Crippen LogP contribution < -0.4 is 0 Å². The van der Waals surface area contributed by atoms with E-state index in [0.717, 1.165) is 13.1 Å². The molecule has 0 bridgehead atoms. The normalized spacial score (nSPS) is 19.1. The molecule has 0 amide bonds. The lowest BCUT2D eigenvalue weighted by Gasteiger charge is -2.32. The van der Waals surface area contributed by atoms with E-state index < -0.39 is 5.97 Å². The molecule has 0 aromatic heterocycles. The van der Waals surface area contributed by atoms with Crippen LogP contribution in [0.5, 0.6) is 0 Å². The average molecular weight is 225 g/mol. The first-order valence-corrected chi connectivity index (χ1v) is 6.29. The van der Waals surface area contributed by atoms with E-state index >= 15 is 0 Å². The van der Waals surface area contributed by atoms with Crippen molar-refractivity contribution in [1.82, 2.24) is 4.90 Å². The van der Waals surface area contributed by atoms with E-state index in [-0.39, 0.29) is 0 Å². The van der Waals surface area contributed by atoms with E-state index in [2.05, 4.69) is 11.8 Å². The Hall–Kier alpha value is -0.830. The molecular formula is C13H23NO2. The Kier molecular flexibility index (Phi) is 5.53. The van der Waals surface area contributed by atoms with Crippen molar-refractivity contribution in [3.63, 3.8) is 0 Å². The molecular weight excluding hydrogens is 202 g/mol. The highest BCUT2D eigenvalue weighted by atomic mass is 16.4. The molecule has 1 saturated carbocycles. The molecule has 1 rings (SSSR count). The number of nitrogens with zero attached hydrogens (tertiary/aromatic N) is 1. The molecule has 1 aliphatic rings. The summed E-state index contributed by atoms with van der Waals surface area (Å²) in [6.07, 6.45) is 8.38. The van der Waals surface area contributed by atoms with Crippen molar-refractivity contribution in [2.75, 3.05) is 13.1 Å². The molecule has 0 radical (unpaired) electrons. The van der Waals surface area contributed by atoms with Crippen LogP contribution >= 0.6 is 0 Å². The molecule has 0 aromatic rings. The first kappa shape index (κ1) is 13.2. The van der Waals surface area contributed by atoms with Crippen LogP contribution in [0.3, 0.4) is 0 Å². The summed E-state index contributed by atoms with van der Waals surface area (Å²) in [5.41, 5.74) is 0.453. The molecule has 0 atom stereocenters. The minimum absolute atomic E-state index is 0.453.